The molecule has 0 fully saturated rings. The second-order valence-electron chi connectivity index (χ2n) is 3.23. The number of Topliss-reactive ketones (excluding diaryl/α,β-unsaturated/α-hetero) is 1. The molecule has 0 aromatic carbocycles. The number of rotatable bonds is 8. The van der Waals surface area contributed by atoms with Crippen molar-refractivity contribution in [2.45, 2.75) is 0 Å². The third-order valence-corrected chi connectivity index (χ3v) is 1.94. The van der Waals surface area contributed by atoms with Crippen LogP contribution >= 0.6 is 0 Å². The van der Waals surface area contributed by atoms with Crippen molar-refractivity contribution in [1.29, 1.82) is 0 Å². The zero-order valence-corrected chi connectivity index (χ0v) is 10.5. The molecule has 0 radical (unpaired) electrons. The van der Waals surface area contributed by atoms with Gasteiger partial charge in [0.2, 0.25) is 0 Å². The minimum atomic E-state index is -0.106. The molecular weight excluding hydrogens is 220 g/mol. The van der Waals surface area contributed by atoms with E-state index in [1.54, 1.807) is 60.8 Å². The van der Waals surface area contributed by atoms with Crippen LogP contribution in [0.25, 0.3) is 0 Å². The molecule has 0 amide bonds. The Labute approximate surface area is 109 Å². The lowest BCUT2D eigenvalue weighted by atomic mass is 10.0. The van der Waals surface area contributed by atoms with E-state index in [0.29, 0.717) is 11.1 Å². The van der Waals surface area contributed by atoms with Gasteiger partial charge in [0.05, 0.1) is 0 Å². The normalized spacial score (nSPS) is 12.7. The first-order valence-electron chi connectivity index (χ1n) is 5.49. The first-order chi connectivity index (χ1) is 8.71. The number of allylic oxidation sites excluding steroid dienone is 12. The fourth-order valence-corrected chi connectivity index (χ4v) is 1.18. The van der Waals surface area contributed by atoms with Crippen molar-refractivity contribution in [2.75, 3.05) is 0 Å². The molecule has 0 aromatic rings. The lowest BCUT2D eigenvalue weighted by molar-refractivity contribution is -0.111. The second-order valence-corrected chi connectivity index (χ2v) is 3.23. The van der Waals surface area contributed by atoms with Crippen LogP contribution in [0.1, 0.15) is 0 Å². The Hall–Kier alpha value is -2.41. The number of carbonyl (C=O) groups excluding carboxylic acids is 1. The molecule has 0 saturated heterocycles. The summed E-state index contributed by atoms with van der Waals surface area (Å²) in [5, 5.41) is 0. The fourth-order valence-electron chi connectivity index (χ4n) is 1.18. The molecule has 92 valence electrons. The SMILES string of the molecule is C=C/C=C\C(=C/C=C)C(=O)C(/C=C\C=C)=C/C=C. The van der Waals surface area contributed by atoms with E-state index in [2.05, 4.69) is 26.3 Å². The summed E-state index contributed by atoms with van der Waals surface area (Å²) in [7, 11) is 0. The highest BCUT2D eigenvalue weighted by atomic mass is 16.1. The van der Waals surface area contributed by atoms with E-state index in [4.69, 9.17) is 0 Å². The van der Waals surface area contributed by atoms with Gasteiger partial charge in [0.15, 0.2) is 5.78 Å². The van der Waals surface area contributed by atoms with Crippen molar-refractivity contribution >= 4 is 5.78 Å². The Kier molecular flexibility index (Phi) is 8.48. The molecule has 0 aliphatic heterocycles. The topological polar surface area (TPSA) is 17.1 Å². The maximum absolute atomic E-state index is 12.2. The molecule has 0 rings (SSSR count). The van der Waals surface area contributed by atoms with Crippen LogP contribution in [0, 0.1) is 0 Å². The Morgan fingerprint density at radius 3 is 1.33 bits per heavy atom. The summed E-state index contributed by atoms with van der Waals surface area (Å²) in [4.78, 5) is 12.2. The standard InChI is InChI=1S/C17H18O/c1-5-9-13-15(11-7-3)17(18)16(12-8-4)14-10-6-2/h5-14H,1-4H2/b13-9-,14-10-,15-11+,16-12+. The van der Waals surface area contributed by atoms with E-state index in [0.717, 1.165) is 0 Å². The third-order valence-electron chi connectivity index (χ3n) is 1.94. The van der Waals surface area contributed by atoms with Gasteiger partial charge in [-0.3, -0.25) is 4.79 Å². The van der Waals surface area contributed by atoms with Crippen LogP contribution in [0.15, 0.2) is 98.2 Å². The quantitative estimate of drug-likeness (QED) is 0.456. The lowest BCUT2D eigenvalue weighted by Gasteiger charge is -2.01. The van der Waals surface area contributed by atoms with Gasteiger partial charge in [-0.05, 0) is 0 Å². The molecule has 0 aromatic heterocycles. The first kappa shape index (κ1) is 15.6. The van der Waals surface area contributed by atoms with E-state index >= 15 is 0 Å². The van der Waals surface area contributed by atoms with Crippen LogP contribution in [0.4, 0.5) is 0 Å². The van der Waals surface area contributed by atoms with Crippen molar-refractivity contribution in [3.8, 4) is 0 Å². The molecule has 0 heterocycles. The van der Waals surface area contributed by atoms with Gasteiger partial charge in [0.25, 0.3) is 0 Å². The van der Waals surface area contributed by atoms with E-state index in [9.17, 15) is 4.79 Å². The van der Waals surface area contributed by atoms with Crippen LogP contribution in [0.2, 0.25) is 0 Å². The molecule has 0 bridgehead atoms. The van der Waals surface area contributed by atoms with Gasteiger partial charge in [-0.1, -0.05) is 87.1 Å². The zero-order valence-electron chi connectivity index (χ0n) is 10.5. The maximum Gasteiger partial charge on any atom is 0.193 e. The molecule has 0 spiro atoms. The van der Waals surface area contributed by atoms with Crippen LogP contribution in [0.5, 0.6) is 0 Å². The number of ketones is 1. The predicted molar refractivity (Wildman–Crippen MR) is 80.2 cm³/mol. The van der Waals surface area contributed by atoms with Crippen molar-refractivity contribution < 1.29 is 4.79 Å². The van der Waals surface area contributed by atoms with Gasteiger partial charge in [-0.15, -0.1) is 0 Å². The van der Waals surface area contributed by atoms with Gasteiger partial charge in [-0.2, -0.15) is 0 Å². The van der Waals surface area contributed by atoms with E-state index < -0.39 is 0 Å². The number of hydrogen-bond donors (Lipinski definition) is 0. The average molecular weight is 238 g/mol. The summed E-state index contributed by atoms with van der Waals surface area (Å²) in [5.74, 6) is -0.106. The summed E-state index contributed by atoms with van der Waals surface area (Å²) in [6.45, 7) is 14.3. The number of carbonyl (C=O) groups is 1. The van der Waals surface area contributed by atoms with Crippen molar-refractivity contribution in [2.24, 2.45) is 0 Å². The van der Waals surface area contributed by atoms with E-state index in [1.807, 2.05) is 0 Å². The molecule has 0 unspecified atom stereocenters. The highest BCUT2D eigenvalue weighted by molar-refractivity contribution is 6.12. The molecule has 0 N–H and O–H groups in total. The van der Waals surface area contributed by atoms with Crippen molar-refractivity contribution in [3.63, 3.8) is 0 Å². The highest BCUT2D eigenvalue weighted by Crippen LogP contribution is 2.10. The Bertz CT molecular complexity index is 412. The number of hydrogen-bond acceptors (Lipinski definition) is 1. The van der Waals surface area contributed by atoms with Gasteiger partial charge in [-0.25, -0.2) is 0 Å². The summed E-state index contributed by atoms with van der Waals surface area (Å²) in [5.41, 5.74) is 1.07. The molecule has 1 nitrogen and oxygen atoms in total. The summed E-state index contributed by atoms with van der Waals surface area (Å²) in [6, 6.07) is 0. The monoisotopic (exact) mass is 238 g/mol. The van der Waals surface area contributed by atoms with Gasteiger partial charge in [0, 0.05) is 11.1 Å². The van der Waals surface area contributed by atoms with Crippen molar-refractivity contribution in [3.05, 3.63) is 98.2 Å². The van der Waals surface area contributed by atoms with Crippen LogP contribution in [0.3, 0.4) is 0 Å². The summed E-state index contributed by atoms with van der Waals surface area (Å²) in [6.07, 6.45) is 16.5. The molecule has 0 aliphatic carbocycles. The maximum atomic E-state index is 12.2. The average Bonchev–Trinajstić information content (AvgIpc) is 2.38. The molecular formula is C17H18O. The zero-order chi connectivity index (χ0) is 13.8. The second kappa shape index (κ2) is 9.79. The van der Waals surface area contributed by atoms with E-state index in [1.165, 1.54) is 0 Å². The smallest absolute Gasteiger partial charge is 0.193 e. The Balaban J connectivity index is 5.38. The minimum absolute atomic E-state index is 0.106. The lowest BCUT2D eigenvalue weighted by Crippen LogP contribution is -2.03. The van der Waals surface area contributed by atoms with Gasteiger partial charge >= 0.3 is 0 Å². The minimum Gasteiger partial charge on any atom is -0.289 e. The molecule has 0 saturated carbocycles. The Morgan fingerprint density at radius 1 is 0.667 bits per heavy atom. The van der Waals surface area contributed by atoms with Crippen LogP contribution < -0.4 is 0 Å². The van der Waals surface area contributed by atoms with Gasteiger partial charge < -0.3 is 0 Å². The Morgan fingerprint density at radius 2 is 1.06 bits per heavy atom. The molecule has 0 atom stereocenters. The van der Waals surface area contributed by atoms with Crippen LogP contribution in [-0.4, -0.2) is 5.78 Å². The predicted octanol–water partition coefficient (Wildman–Crippen LogP) is 4.26. The first-order valence-corrected chi connectivity index (χ1v) is 5.49. The third kappa shape index (κ3) is 5.61. The van der Waals surface area contributed by atoms with E-state index in [-0.39, 0.29) is 5.78 Å². The van der Waals surface area contributed by atoms with Crippen molar-refractivity contribution in [1.82, 2.24) is 0 Å². The molecule has 1 heteroatoms. The van der Waals surface area contributed by atoms with Crippen LogP contribution in [-0.2, 0) is 4.79 Å². The summed E-state index contributed by atoms with van der Waals surface area (Å²) >= 11 is 0. The fraction of sp³-hybridized carbons (Fsp3) is 0. The largest absolute Gasteiger partial charge is 0.289 e. The molecule has 0 aliphatic rings. The summed E-state index contributed by atoms with van der Waals surface area (Å²) < 4.78 is 0. The van der Waals surface area contributed by atoms with Gasteiger partial charge in [0.1, 0.15) is 0 Å². The highest BCUT2D eigenvalue weighted by Gasteiger charge is 2.08. The molecule has 18 heavy (non-hydrogen) atoms.